The molecule has 0 fully saturated rings. The van der Waals surface area contributed by atoms with Gasteiger partial charge in [0.1, 0.15) is 10.6 Å². The molecule has 15 heteroatoms. The van der Waals surface area contributed by atoms with Crippen LogP contribution in [0.5, 0.6) is 23.0 Å². The Morgan fingerprint density at radius 3 is 2.02 bits per heavy atom. The molecule has 4 N–H and O–H groups in total. The molecule has 8 nitrogen and oxygen atoms in total. The third-order valence-electron chi connectivity index (χ3n) is 6.93. The average Bonchev–Trinajstić information content (AvgIpc) is 2.93. The summed E-state index contributed by atoms with van der Waals surface area (Å²) >= 11 is 0. The smallest absolute Gasteiger partial charge is 0.504 e. The molecule has 4 aromatic carbocycles. The Morgan fingerprint density at radius 2 is 1.40 bits per heavy atom. The van der Waals surface area contributed by atoms with Gasteiger partial charge in [0, 0.05) is 17.8 Å². The number of hydrogen-bond donors (Lipinski definition) is 4. The van der Waals surface area contributed by atoms with Crippen molar-refractivity contribution in [2.24, 2.45) is 0 Å². The summed E-state index contributed by atoms with van der Waals surface area (Å²) in [5, 5.41) is 23.2. The topological polar surface area (TPSA) is 117 Å². The minimum absolute atomic E-state index is 0.0275. The van der Waals surface area contributed by atoms with Crippen molar-refractivity contribution in [2.75, 3.05) is 11.3 Å². The summed E-state index contributed by atoms with van der Waals surface area (Å²) < 4.78 is 112. The van der Waals surface area contributed by atoms with Crippen molar-refractivity contribution in [2.45, 2.75) is 36.5 Å². The Balaban J connectivity index is 1.30. The third-order valence-corrected chi connectivity index (χ3v) is 8.35. The van der Waals surface area contributed by atoms with E-state index in [1.807, 2.05) is 24.3 Å². The number of halogens is 6. The molecule has 0 radical (unpaired) electrons. The van der Waals surface area contributed by atoms with E-state index in [0.717, 1.165) is 28.7 Å². The monoisotopic (exact) mass is 654 g/mol. The highest BCUT2D eigenvalue weighted by molar-refractivity contribution is 7.92. The van der Waals surface area contributed by atoms with Crippen LogP contribution in [0.15, 0.2) is 83.8 Å². The lowest BCUT2D eigenvalue weighted by Gasteiger charge is -2.27. The molecular weight excluding hydrogens is 630 g/mol. The van der Waals surface area contributed by atoms with Crippen molar-refractivity contribution < 1.29 is 54.4 Å². The van der Waals surface area contributed by atoms with Crippen molar-refractivity contribution in [3.63, 3.8) is 0 Å². The first-order valence-electron chi connectivity index (χ1n) is 13.2. The predicted octanol–water partition coefficient (Wildman–Crippen LogP) is 6.79. The first kappa shape index (κ1) is 31.8. The molecule has 4 aromatic rings. The van der Waals surface area contributed by atoms with Crippen molar-refractivity contribution in [1.29, 1.82) is 0 Å². The van der Waals surface area contributed by atoms with E-state index in [-0.39, 0.29) is 29.3 Å². The molecule has 0 saturated carbocycles. The zero-order chi connectivity index (χ0) is 32.6. The zero-order valence-electron chi connectivity index (χ0n) is 22.9. The van der Waals surface area contributed by atoms with Crippen LogP contribution in [0.2, 0.25) is 0 Å². The van der Waals surface area contributed by atoms with Gasteiger partial charge in [0.15, 0.2) is 17.2 Å². The number of sulfonamides is 1. The quantitative estimate of drug-likeness (QED) is 0.122. The molecule has 45 heavy (non-hydrogen) atoms. The summed E-state index contributed by atoms with van der Waals surface area (Å²) in [4.78, 5) is -1.06. The Kier molecular flexibility index (Phi) is 8.51. The van der Waals surface area contributed by atoms with Gasteiger partial charge in [-0.2, -0.15) is 0 Å². The summed E-state index contributed by atoms with van der Waals surface area (Å²) in [5.41, 5.74) is 4.30. The van der Waals surface area contributed by atoms with E-state index in [9.17, 15) is 45.0 Å². The van der Waals surface area contributed by atoms with Gasteiger partial charge in [-0.05, 0) is 83.6 Å². The number of anilines is 1. The normalized spacial score (nSPS) is 15.3. The fourth-order valence-corrected chi connectivity index (χ4v) is 6.14. The van der Waals surface area contributed by atoms with E-state index in [1.54, 1.807) is 24.3 Å². The number of alkyl halides is 6. The number of aromatic hydroxyl groups is 2. The number of hydrogen-bond acceptors (Lipinski definition) is 7. The van der Waals surface area contributed by atoms with Crippen molar-refractivity contribution in [3.8, 4) is 34.1 Å². The van der Waals surface area contributed by atoms with Gasteiger partial charge in [0.2, 0.25) is 0 Å². The van der Waals surface area contributed by atoms with Crippen LogP contribution in [0.1, 0.15) is 22.7 Å². The van der Waals surface area contributed by atoms with E-state index < -0.39 is 39.1 Å². The average molecular weight is 655 g/mol. The first-order valence-corrected chi connectivity index (χ1v) is 14.7. The lowest BCUT2D eigenvalue weighted by atomic mass is 9.89. The number of fused-ring (bicyclic) bond motifs is 1. The number of phenolic OH excluding ortho intramolecular Hbond substituents is 2. The first-order chi connectivity index (χ1) is 21.1. The molecular formula is C30H24F6N2O6S. The van der Waals surface area contributed by atoms with Crippen molar-refractivity contribution in [1.82, 2.24) is 5.32 Å². The van der Waals surface area contributed by atoms with Gasteiger partial charge in [0.25, 0.3) is 10.0 Å². The van der Waals surface area contributed by atoms with Crippen molar-refractivity contribution >= 4 is 15.7 Å². The summed E-state index contributed by atoms with van der Waals surface area (Å²) in [6.45, 7) is 0.713. The molecule has 1 atom stereocenters. The molecule has 0 aromatic heterocycles. The molecule has 1 unspecified atom stereocenters. The molecule has 1 aliphatic rings. The predicted molar refractivity (Wildman–Crippen MR) is 150 cm³/mol. The van der Waals surface area contributed by atoms with E-state index in [2.05, 4.69) is 19.5 Å². The minimum Gasteiger partial charge on any atom is -0.504 e. The molecule has 5 rings (SSSR count). The van der Waals surface area contributed by atoms with Gasteiger partial charge < -0.3 is 25.0 Å². The van der Waals surface area contributed by atoms with E-state index in [4.69, 9.17) is 0 Å². The van der Waals surface area contributed by atoms with Crippen LogP contribution in [0, 0.1) is 0 Å². The maximum atomic E-state index is 12.9. The Bertz CT molecular complexity index is 1790. The van der Waals surface area contributed by atoms with Crippen LogP contribution in [0.25, 0.3) is 11.1 Å². The van der Waals surface area contributed by atoms with Gasteiger partial charge >= 0.3 is 12.7 Å². The molecule has 1 heterocycles. The standard InChI is InChI=1S/C30H24F6N2O6S/c31-29(32,33)43-22-9-10-28(27(15-22)44-30(34,35)36)45(41,42)38-21-7-5-19(6-8-21)18-3-1-17(2-4-18)13-24-23-16-26(40)25(39)14-20(23)11-12-37-24/h1-10,14-16,24,37-40H,11-13H2. The second-order valence-corrected chi connectivity index (χ2v) is 11.7. The SMILES string of the molecule is O=S(=O)(Nc1ccc(-c2ccc(CC3NCCc4cc(O)c(O)cc43)cc2)cc1)c1ccc(OC(F)(F)F)cc1OC(F)(F)F. The molecule has 0 spiro atoms. The van der Waals surface area contributed by atoms with Gasteiger partial charge in [-0.1, -0.05) is 36.4 Å². The Morgan fingerprint density at radius 1 is 0.800 bits per heavy atom. The second kappa shape index (κ2) is 12.0. The Hall–Kier alpha value is -4.63. The number of phenols is 2. The summed E-state index contributed by atoms with van der Waals surface area (Å²) in [6.07, 6.45) is -9.30. The summed E-state index contributed by atoms with van der Waals surface area (Å²) in [5.74, 6) is -2.86. The van der Waals surface area contributed by atoms with Crippen LogP contribution in [-0.4, -0.2) is 37.9 Å². The fraction of sp³-hybridized carbons (Fsp3) is 0.200. The van der Waals surface area contributed by atoms with Crippen LogP contribution in [0.3, 0.4) is 0 Å². The molecule has 0 bridgehead atoms. The highest BCUT2D eigenvalue weighted by Gasteiger charge is 2.36. The van der Waals surface area contributed by atoms with Crippen LogP contribution >= 0.6 is 0 Å². The highest BCUT2D eigenvalue weighted by Crippen LogP contribution is 2.37. The van der Waals surface area contributed by atoms with Gasteiger partial charge in [0.05, 0.1) is 0 Å². The van der Waals surface area contributed by atoms with Crippen LogP contribution in [0.4, 0.5) is 32.0 Å². The van der Waals surface area contributed by atoms with Crippen LogP contribution < -0.4 is 19.5 Å². The number of nitrogens with one attached hydrogen (secondary N) is 2. The third kappa shape index (κ3) is 7.91. The second-order valence-electron chi connectivity index (χ2n) is 10.1. The molecule has 0 aliphatic carbocycles. The molecule has 238 valence electrons. The minimum atomic E-state index is -5.40. The lowest BCUT2D eigenvalue weighted by Crippen LogP contribution is -2.31. The highest BCUT2D eigenvalue weighted by atomic mass is 32.2. The summed E-state index contributed by atoms with van der Waals surface area (Å²) in [6, 6.07) is 17.7. The van der Waals surface area contributed by atoms with Gasteiger partial charge in [-0.3, -0.25) is 4.72 Å². The van der Waals surface area contributed by atoms with E-state index in [0.29, 0.717) is 30.7 Å². The maximum absolute atomic E-state index is 12.9. The molecule has 0 amide bonds. The molecule has 1 aliphatic heterocycles. The molecule has 0 saturated heterocycles. The van der Waals surface area contributed by atoms with Gasteiger partial charge in [-0.15, -0.1) is 26.3 Å². The number of ether oxygens (including phenoxy) is 2. The fourth-order valence-electron chi connectivity index (χ4n) is 4.97. The summed E-state index contributed by atoms with van der Waals surface area (Å²) in [7, 11) is -4.75. The maximum Gasteiger partial charge on any atom is 0.573 e. The number of rotatable bonds is 8. The largest absolute Gasteiger partial charge is 0.573 e. The Labute approximate surface area is 252 Å². The van der Waals surface area contributed by atoms with Gasteiger partial charge in [-0.25, -0.2) is 8.42 Å². The number of benzene rings is 4. The van der Waals surface area contributed by atoms with Crippen molar-refractivity contribution in [3.05, 3.63) is 95.6 Å². The van der Waals surface area contributed by atoms with E-state index >= 15 is 0 Å². The van der Waals surface area contributed by atoms with Crippen LogP contribution in [-0.2, 0) is 22.9 Å². The van der Waals surface area contributed by atoms with E-state index in [1.165, 1.54) is 12.1 Å². The zero-order valence-corrected chi connectivity index (χ0v) is 23.7. The lowest BCUT2D eigenvalue weighted by molar-refractivity contribution is -0.277.